The molecule has 1 saturated heterocycles. The molecule has 0 aliphatic carbocycles. The molecule has 3 rings (SSSR count). The SMILES string of the molecule is COc1ccccc1OCC(=O)Nc1cccc(C(=O)N2CCCC2)c1C. The van der Waals surface area contributed by atoms with E-state index in [0.717, 1.165) is 31.5 Å². The number of benzene rings is 2. The van der Waals surface area contributed by atoms with Gasteiger partial charge >= 0.3 is 0 Å². The first-order valence-electron chi connectivity index (χ1n) is 9.04. The van der Waals surface area contributed by atoms with Crippen molar-refractivity contribution in [2.24, 2.45) is 0 Å². The average molecular weight is 368 g/mol. The van der Waals surface area contributed by atoms with E-state index in [1.807, 2.05) is 24.0 Å². The van der Waals surface area contributed by atoms with Crippen molar-refractivity contribution in [2.45, 2.75) is 19.8 Å². The number of hydrogen-bond donors (Lipinski definition) is 1. The predicted molar refractivity (Wildman–Crippen MR) is 103 cm³/mol. The van der Waals surface area contributed by atoms with Crippen LogP contribution in [0.4, 0.5) is 5.69 Å². The number of amides is 2. The molecule has 2 amide bonds. The van der Waals surface area contributed by atoms with Crippen molar-refractivity contribution in [3.05, 3.63) is 53.6 Å². The first-order chi connectivity index (χ1) is 13.1. The smallest absolute Gasteiger partial charge is 0.262 e. The van der Waals surface area contributed by atoms with Crippen LogP contribution < -0.4 is 14.8 Å². The van der Waals surface area contributed by atoms with E-state index in [1.165, 1.54) is 0 Å². The number of carbonyl (C=O) groups excluding carboxylic acids is 2. The summed E-state index contributed by atoms with van der Waals surface area (Å²) < 4.78 is 10.8. The standard InChI is InChI=1S/C21H24N2O4/c1-15-16(21(25)23-12-5-6-13-23)8-7-9-17(15)22-20(24)14-27-19-11-4-3-10-18(19)26-2/h3-4,7-11H,5-6,12-14H2,1-2H3,(H,22,24). The molecule has 0 unspecified atom stereocenters. The number of ether oxygens (including phenoxy) is 2. The number of methoxy groups -OCH3 is 1. The minimum atomic E-state index is -0.297. The zero-order valence-electron chi connectivity index (χ0n) is 15.7. The maximum absolute atomic E-state index is 12.7. The van der Waals surface area contributed by atoms with Crippen LogP contribution in [0.5, 0.6) is 11.5 Å². The van der Waals surface area contributed by atoms with Crippen molar-refractivity contribution in [3.63, 3.8) is 0 Å². The Morgan fingerprint density at radius 2 is 1.74 bits per heavy atom. The molecule has 2 aromatic rings. The summed E-state index contributed by atoms with van der Waals surface area (Å²) in [4.78, 5) is 26.8. The summed E-state index contributed by atoms with van der Waals surface area (Å²) in [7, 11) is 1.55. The summed E-state index contributed by atoms with van der Waals surface area (Å²) in [6.45, 7) is 3.29. The Bertz CT molecular complexity index is 829. The number of nitrogens with zero attached hydrogens (tertiary/aromatic N) is 1. The van der Waals surface area contributed by atoms with Crippen LogP contribution in [0.1, 0.15) is 28.8 Å². The fourth-order valence-corrected chi connectivity index (χ4v) is 3.16. The number of hydrogen-bond acceptors (Lipinski definition) is 4. The Labute approximate surface area is 159 Å². The Balaban J connectivity index is 1.65. The average Bonchev–Trinajstić information content (AvgIpc) is 3.22. The highest BCUT2D eigenvalue weighted by molar-refractivity contribution is 5.99. The third-order valence-corrected chi connectivity index (χ3v) is 4.66. The highest BCUT2D eigenvalue weighted by Gasteiger charge is 2.22. The molecule has 6 nitrogen and oxygen atoms in total. The van der Waals surface area contributed by atoms with Crippen LogP contribution in [0.3, 0.4) is 0 Å². The van der Waals surface area contributed by atoms with Crippen molar-refractivity contribution in [3.8, 4) is 11.5 Å². The van der Waals surface area contributed by atoms with Gasteiger partial charge in [-0.25, -0.2) is 0 Å². The monoisotopic (exact) mass is 368 g/mol. The lowest BCUT2D eigenvalue weighted by atomic mass is 10.1. The summed E-state index contributed by atoms with van der Waals surface area (Å²) >= 11 is 0. The van der Waals surface area contributed by atoms with Crippen molar-refractivity contribution >= 4 is 17.5 Å². The van der Waals surface area contributed by atoms with Gasteiger partial charge in [0.1, 0.15) is 0 Å². The van der Waals surface area contributed by atoms with Crippen LogP contribution in [-0.2, 0) is 4.79 Å². The van der Waals surface area contributed by atoms with E-state index in [-0.39, 0.29) is 18.4 Å². The highest BCUT2D eigenvalue weighted by Crippen LogP contribution is 2.26. The molecule has 142 valence electrons. The van der Waals surface area contributed by atoms with E-state index in [0.29, 0.717) is 22.7 Å². The lowest BCUT2D eigenvalue weighted by Crippen LogP contribution is -2.28. The molecule has 1 N–H and O–H groups in total. The number of para-hydroxylation sites is 2. The summed E-state index contributed by atoms with van der Waals surface area (Å²) in [6.07, 6.45) is 2.09. The summed E-state index contributed by atoms with van der Waals surface area (Å²) in [5.41, 5.74) is 2.01. The molecule has 0 aromatic heterocycles. The van der Waals surface area contributed by atoms with Gasteiger partial charge in [-0.05, 0) is 49.6 Å². The van der Waals surface area contributed by atoms with E-state index >= 15 is 0 Å². The predicted octanol–water partition coefficient (Wildman–Crippen LogP) is 3.26. The number of likely N-dealkylation sites (tertiary alicyclic amines) is 1. The van der Waals surface area contributed by atoms with Crippen LogP contribution in [0, 0.1) is 6.92 Å². The minimum Gasteiger partial charge on any atom is -0.493 e. The fraction of sp³-hybridized carbons (Fsp3) is 0.333. The van der Waals surface area contributed by atoms with Gasteiger partial charge in [0.2, 0.25) is 0 Å². The van der Waals surface area contributed by atoms with Gasteiger partial charge in [-0.1, -0.05) is 18.2 Å². The van der Waals surface area contributed by atoms with Crippen LogP contribution >= 0.6 is 0 Å². The third kappa shape index (κ3) is 4.39. The van der Waals surface area contributed by atoms with Gasteiger partial charge in [0.25, 0.3) is 11.8 Å². The van der Waals surface area contributed by atoms with Crippen molar-refractivity contribution in [2.75, 3.05) is 32.1 Å². The topological polar surface area (TPSA) is 67.9 Å². The fourth-order valence-electron chi connectivity index (χ4n) is 3.16. The quantitative estimate of drug-likeness (QED) is 0.850. The van der Waals surface area contributed by atoms with Gasteiger partial charge in [0, 0.05) is 24.3 Å². The largest absolute Gasteiger partial charge is 0.493 e. The second kappa shape index (κ2) is 8.58. The summed E-state index contributed by atoms with van der Waals surface area (Å²) in [5.74, 6) is 0.797. The van der Waals surface area contributed by atoms with E-state index in [2.05, 4.69) is 5.32 Å². The van der Waals surface area contributed by atoms with Crippen molar-refractivity contribution in [1.29, 1.82) is 0 Å². The number of rotatable bonds is 6. The second-order valence-electron chi connectivity index (χ2n) is 6.47. The molecule has 27 heavy (non-hydrogen) atoms. The van der Waals surface area contributed by atoms with E-state index in [4.69, 9.17) is 9.47 Å². The van der Waals surface area contributed by atoms with Crippen molar-refractivity contribution < 1.29 is 19.1 Å². The Kier molecular flexibility index (Phi) is 5.96. The molecular formula is C21H24N2O4. The highest BCUT2D eigenvalue weighted by atomic mass is 16.5. The molecule has 0 spiro atoms. The molecule has 1 aliphatic rings. The van der Waals surface area contributed by atoms with Gasteiger partial charge in [-0.3, -0.25) is 9.59 Å². The number of anilines is 1. The normalized spacial score (nSPS) is 13.3. The zero-order valence-corrected chi connectivity index (χ0v) is 15.7. The maximum Gasteiger partial charge on any atom is 0.262 e. The molecule has 6 heteroatoms. The Morgan fingerprint density at radius 3 is 2.44 bits per heavy atom. The van der Waals surface area contributed by atoms with Crippen LogP contribution in [-0.4, -0.2) is 43.5 Å². The van der Waals surface area contributed by atoms with Gasteiger partial charge in [-0.2, -0.15) is 0 Å². The molecule has 2 aromatic carbocycles. The molecule has 0 bridgehead atoms. The Hall–Kier alpha value is -3.02. The number of carbonyl (C=O) groups is 2. The zero-order chi connectivity index (χ0) is 19.2. The summed E-state index contributed by atoms with van der Waals surface area (Å²) in [6, 6.07) is 12.5. The van der Waals surface area contributed by atoms with E-state index < -0.39 is 0 Å². The molecule has 0 saturated carbocycles. The third-order valence-electron chi connectivity index (χ3n) is 4.66. The maximum atomic E-state index is 12.7. The molecule has 1 aliphatic heterocycles. The first kappa shape index (κ1) is 18.8. The number of nitrogens with one attached hydrogen (secondary N) is 1. The van der Waals surface area contributed by atoms with Gasteiger partial charge in [0.15, 0.2) is 18.1 Å². The van der Waals surface area contributed by atoms with Crippen LogP contribution in [0.2, 0.25) is 0 Å². The molecule has 0 atom stereocenters. The Morgan fingerprint density at radius 1 is 1.04 bits per heavy atom. The van der Waals surface area contributed by atoms with Crippen LogP contribution in [0.15, 0.2) is 42.5 Å². The van der Waals surface area contributed by atoms with Crippen LogP contribution in [0.25, 0.3) is 0 Å². The molecule has 1 fully saturated rings. The van der Waals surface area contributed by atoms with E-state index in [1.54, 1.807) is 37.4 Å². The minimum absolute atomic E-state index is 0.0198. The van der Waals surface area contributed by atoms with Gasteiger partial charge in [0.05, 0.1) is 7.11 Å². The van der Waals surface area contributed by atoms with E-state index in [9.17, 15) is 9.59 Å². The molecular weight excluding hydrogens is 344 g/mol. The van der Waals surface area contributed by atoms with Gasteiger partial charge < -0.3 is 19.7 Å². The lowest BCUT2D eigenvalue weighted by molar-refractivity contribution is -0.118. The molecule has 0 radical (unpaired) electrons. The van der Waals surface area contributed by atoms with Gasteiger partial charge in [-0.15, -0.1) is 0 Å². The first-order valence-corrected chi connectivity index (χ1v) is 9.04. The molecule has 1 heterocycles. The second-order valence-corrected chi connectivity index (χ2v) is 6.47. The lowest BCUT2D eigenvalue weighted by Gasteiger charge is -2.18. The van der Waals surface area contributed by atoms with Crippen molar-refractivity contribution in [1.82, 2.24) is 4.90 Å². The summed E-state index contributed by atoms with van der Waals surface area (Å²) in [5, 5.41) is 2.83.